The molecule has 0 amide bonds. The molecule has 0 fully saturated rings. The molecule has 0 aromatic carbocycles. The second kappa shape index (κ2) is 2.40. The molecule has 1 aliphatic rings. The van der Waals surface area contributed by atoms with Gasteiger partial charge in [0.15, 0.2) is 5.43 Å². The van der Waals surface area contributed by atoms with Crippen LogP contribution in [0.5, 0.6) is 0 Å². The van der Waals surface area contributed by atoms with Crippen molar-refractivity contribution in [1.82, 2.24) is 0 Å². The zero-order valence-electron chi connectivity index (χ0n) is 5.29. The molecule has 1 aliphatic heterocycles. The largest absolute Gasteiger partial charge is 0.290 e. The highest BCUT2D eigenvalue weighted by atomic mass is 32.2. The third-order valence-corrected chi connectivity index (χ3v) is 3.82. The van der Waals surface area contributed by atoms with Crippen LogP contribution >= 0.6 is 23.1 Å². The molecule has 0 radical (unpaired) electrons. The summed E-state index contributed by atoms with van der Waals surface area (Å²) in [7, 11) is 0. The van der Waals surface area contributed by atoms with Crippen LogP contribution in [0.2, 0.25) is 0 Å². The Morgan fingerprint density at radius 2 is 2.40 bits per heavy atom. The van der Waals surface area contributed by atoms with E-state index >= 15 is 0 Å². The van der Waals surface area contributed by atoms with E-state index < -0.39 is 0 Å². The first-order valence-electron chi connectivity index (χ1n) is 3.11. The summed E-state index contributed by atoms with van der Waals surface area (Å²) in [5, 5.41) is 1.87. The highest BCUT2D eigenvalue weighted by Crippen LogP contribution is 2.31. The highest BCUT2D eigenvalue weighted by Gasteiger charge is 2.13. The van der Waals surface area contributed by atoms with E-state index in [0.717, 1.165) is 17.7 Å². The van der Waals surface area contributed by atoms with Gasteiger partial charge in [0.2, 0.25) is 0 Å². The fourth-order valence-electron chi connectivity index (χ4n) is 1.02. The van der Waals surface area contributed by atoms with Crippen LogP contribution in [0.1, 0.15) is 5.56 Å². The number of thioether (sulfide) groups is 1. The maximum atomic E-state index is 11.1. The first kappa shape index (κ1) is 6.43. The standard InChI is InChI=1S/C7H6OS2/c8-6-2-4-10-7-5(6)1-3-9-7/h2,4H,1,3H2. The Morgan fingerprint density at radius 1 is 1.50 bits per heavy atom. The van der Waals surface area contributed by atoms with E-state index in [2.05, 4.69) is 0 Å². The summed E-state index contributed by atoms with van der Waals surface area (Å²) >= 11 is 3.48. The third kappa shape index (κ3) is 0.896. The number of hydrogen-bond donors (Lipinski definition) is 0. The van der Waals surface area contributed by atoms with Crippen LogP contribution in [-0.4, -0.2) is 5.75 Å². The summed E-state index contributed by atoms with van der Waals surface area (Å²) in [5.74, 6) is 1.09. The molecule has 0 spiro atoms. The summed E-state index contributed by atoms with van der Waals surface area (Å²) < 4.78 is 1.23. The zero-order valence-corrected chi connectivity index (χ0v) is 6.93. The van der Waals surface area contributed by atoms with E-state index in [1.165, 1.54) is 4.21 Å². The molecule has 10 heavy (non-hydrogen) atoms. The Hall–Kier alpha value is -0.280. The van der Waals surface area contributed by atoms with Crippen molar-refractivity contribution in [3.63, 3.8) is 0 Å². The molecule has 0 saturated heterocycles. The van der Waals surface area contributed by atoms with Crippen molar-refractivity contribution >= 4 is 23.1 Å². The summed E-state index contributed by atoms with van der Waals surface area (Å²) in [6, 6.07) is 1.66. The lowest BCUT2D eigenvalue weighted by Crippen LogP contribution is -2.03. The molecule has 0 N–H and O–H groups in total. The van der Waals surface area contributed by atoms with Crippen molar-refractivity contribution in [1.29, 1.82) is 0 Å². The average molecular weight is 170 g/mol. The van der Waals surface area contributed by atoms with Gasteiger partial charge < -0.3 is 0 Å². The fraction of sp³-hybridized carbons (Fsp3) is 0.286. The van der Waals surface area contributed by atoms with E-state index in [0.29, 0.717) is 0 Å². The smallest absolute Gasteiger partial charge is 0.184 e. The van der Waals surface area contributed by atoms with Gasteiger partial charge in [-0.05, 0) is 17.9 Å². The van der Waals surface area contributed by atoms with Gasteiger partial charge in [-0.2, -0.15) is 0 Å². The number of fused-ring (bicyclic) bond motifs is 1. The van der Waals surface area contributed by atoms with Crippen LogP contribution in [0, 0.1) is 0 Å². The molecule has 52 valence electrons. The van der Waals surface area contributed by atoms with Gasteiger partial charge in [-0.25, -0.2) is 0 Å². The van der Waals surface area contributed by atoms with Crippen LogP contribution in [0.15, 0.2) is 20.5 Å². The Kier molecular flexibility index (Phi) is 1.54. The van der Waals surface area contributed by atoms with Gasteiger partial charge in [-0.3, -0.25) is 4.79 Å². The van der Waals surface area contributed by atoms with Crippen molar-refractivity contribution in [2.75, 3.05) is 5.75 Å². The molecule has 0 atom stereocenters. The average Bonchev–Trinajstić information content (AvgIpc) is 2.36. The molecule has 0 unspecified atom stereocenters. The van der Waals surface area contributed by atoms with Crippen LogP contribution in [-0.2, 0) is 6.42 Å². The second-order valence-corrected chi connectivity index (χ2v) is 4.43. The Morgan fingerprint density at radius 3 is 3.20 bits per heavy atom. The number of rotatable bonds is 0. The van der Waals surface area contributed by atoms with Crippen molar-refractivity contribution in [3.8, 4) is 0 Å². The van der Waals surface area contributed by atoms with Crippen LogP contribution in [0.25, 0.3) is 0 Å². The number of hydrogen-bond acceptors (Lipinski definition) is 3. The van der Waals surface area contributed by atoms with Gasteiger partial charge in [-0.15, -0.1) is 23.1 Å². The molecule has 0 saturated carbocycles. The molecule has 3 heteroatoms. The van der Waals surface area contributed by atoms with E-state index in [1.807, 2.05) is 5.38 Å². The molecule has 2 rings (SSSR count). The molecule has 0 aliphatic carbocycles. The Bertz CT molecular complexity index is 303. The second-order valence-electron chi connectivity index (χ2n) is 2.15. The maximum absolute atomic E-state index is 11.1. The van der Waals surface area contributed by atoms with Gasteiger partial charge >= 0.3 is 0 Å². The van der Waals surface area contributed by atoms with E-state index in [1.54, 1.807) is 29.2 Å². The van der Waals surface area contributed by atoms with Crippen LogP contribution in [0.4, 0.5) is 0 Å². The summed E-state index contributed by atoms with van der Waals surface area (Å²) in [5.41, 5.74) is 1.26. The van der Waals surface area contributed by atoms with Crippen molar-refractivity contribution < 1.29 is 0 Å². The Labute approximate surface area is 67.1 Å². The topological polar surface area (TPSA) is 17.1 Å². The predicted octanol–water partition coefficient (Wildman–Crippen LogP) is 1.76. The zero-order chi connectivity index (χ0) is 6.97. The molecule has 1 aromatic rings. The van der Waals surface area contributed by atoms with E-state index in [-0.39, 0.29) is 5.43 Å². The SMILES string of the molecule is O=c1ccsc2c1CCS2. The lowest BCUT2D eigenvalue weighted by Gasteiger charge is -1.90. The summed E-state index contributed by atoms with van der Waals surface area (Å²) in [6.45, 7) is 0. The third-order valence-electron chi connectivity index (χ3n) is 1.52. The van der Waals surface area contributed by atoms with Gasteiger partial charge in [0, 0.05) is 11.3 Å². The monoisotopic (exact) mass is 170 g/mol. The van der Waals surface area contributed by atoms with Crippen LogP contribution < -0.4 is 5.43 Å². The van der Waals surface area contributed by atoms with Crippen molar-refractivity contribution in [2.24, 2.45) is 0 Å². The van der Waals surface area contributed by atoms with Crippen molar-refractivity contribution in [3.05, 3.63) is 27.2 Å². The molecule has 1 aromatic heterocycles. The maximum Gasteiger partial charge on any atom is 0.184 e. The predicted molar refractivity (Wildman–Crippen MR) is 45.0 cm³/mol. The van der Waals surface area contributed by atoms with E-state index in [9.17, 15) is 4.79 Å². The van der Waals surface area contributed by atoms with Crippen LogP contribution in [0.3, 0.4) is 0 Å². The molecule has 0 bridgehead atoms. The minimum absolute atomic E-state index is 0.221. The highest BCUT2D eigenvalue weighted by molar-refractivity contribution is 8.01. The lowest BCUT2D eigenvalue weighted by molar-refractivity contribution is 1.14. The first-order valence-corrected chi connectivity index (χ1v) is 4.98. The minimum atomic E-state index is 0.221. The molecular formula is C7H6OS2. The normalized spacial score (nSPS) is 15.2. The van der Waals surface area contributed by atoms with E-state index in [4.69, 9.17) is 0 Å². The Balaban J connectivity index is 2.70. The molecule has 2 heterocycles. The first-order chi connectivity index (χ1) is 4.88. The fourth-order valence-corrected chi connectivity index (χ4v) is 3.24. The lowest BCUT2D eigenvalue weighted by atomic mass is 10.2. The minimum Gasteiger partial charge on any atom is -0.290 e. The summed E-state index contributed by atoms with van der Waals surface area (Å²) in [4.78, 5) is 11.1. The van der Waals surface area contributed by atoms with Gasteiger partial charge in [0.1, 0.15) is 0 Å². The van der Waals surface area contributed by atoms with Gasteiger partial charge in [0.05, 0.1) is 4.21 Å². The molecular weight excluding hydrogens is 164 g/mol. The molecule has 1 nitrogen and oxygen atoms in total. The van der Waals surface area contributed by atoms with Gasteiger partial charge in [-0.1, -0.05) is 0 Å². The summed E-state index contributed by atoms with van der Waals surface area (Å²) in [6.07, 6.45) is 0.968. The van der Waals surface area contributed by atoms with Gasteiger partial charge in [0.25, 0.3) is 0 Å². The quantitative estimate of drug-likeness (QED) is 0.590. The van der Waals surface area contributed by atoms with Crippen molar-refractivity contribution in [2.45, 2.75) is 10.6 Å².